The molecule has 1 aromatic heterocycles. The molecular formula is C19H18N2OS3. The van der Waals surface area contributed by atoms with Crippen molar-refractivity contribution < 1.29 is 4.79 Å². The zero-order valence-corrected chi connectivity index (χ0v) is 16.3. The van der Waals surface area contributed by atoms with Crippen molar-refractivity contribution in [2.45, 2.75) is 27.8 Å². The van der Waals surface area contributed by atoms with E-state index in [1.54, 1.807) is 11.3 Å². The van der Waals surface area contributed by atoms with Gasteiger partial charge < -0.3 is 4.90 Å². The van der Waals surface area contributed by atoms with Gasteiger partial charge in [-0.25, -0.2) is 4.98 Å². The normalized spacial score (nSPS) is 17.3. The standard InChI is InChI=1S/C19H18N2OS3/c1-13-10-11-21(15-7-3-5-9-17(15)24-13)18(22)12-23-19-20-14-6-2-4-8-16(14)25-19/h2-9,13H,10-12H2,1H3/t13-/m0/s1. The zero-order valence-electron chi connectivity index (χ0n) is 13.8. The molecule has 0 bridgehead atoms. The Morgan fingerprint density at radius 3 is 2.92 bits per heavy atom. The van der Waals surface area contributed by atoms with Crippen LogP contribution in [0.25, 0.3) is 10.2 Å². The summed E-state index contributed by atoms with van der Waals surface area (Å²) in [5.41, 5.74) is 2.06. The van der Waals surface area contributed by atoms with Gasteiger partial charge in [-0.05, 0) is 30.7 Å². The van der Waals surface area contributed by atoms with E-state index in [0.29, 0.717) is 11.0 Å². The van der Waals surface area contributed by atoms with Gasteiger partial charge in [-0.2, -0.15) is 0 Å². The molecule has 0 spiro atoms. The number of fused-ring (bicyclic) bond motifs is 2. The van der Waals surface area contributed by atoms with Crippen LogP contribution in [0, 0.1) is 0 Å². The minimum absolute atomic E-state index is 0.159. The fraction of sp³-hybridized carbons (Fsp3) is 0.263. The van der Waals surface area contributed by atoms with E-state index in [-0.39, 0.29) is 5.91 Å². The van der Waals surface area contributed by atoms with Gasteiger partial charge in [0.15, 0.2) is 4.34 Å². The molecule has 1 aliphatic rings. The van der Waals surface area contributed by atoms with Crippen LogP contribution in [0.1, 0.15) is 13.3 Å². The van der Waals surface area contributed by atoms with E-state index in [2.05, 4.69) is 30.1 Å². The Hall–Kier alpha value is -1.50. The summed E-state index contributed by atoms with van der Waals surface area (Å²) < 4.78 is 2.13. The number of rotatable bonds is 3. The van der Waals surface area contributed by atoms with Crippen molar-refractivity contribution in [2.75, 3.05) is 17.2 Å². The highest BCUT2D eigenvalue weighted by molar-refractivity contribution is 8.01. The number of hydrogen-bond donors (Lipinski definition) is 0. The summed E-state index contributed by atoms with van der Waals surface area (Å²) in [5, 5.41) is 0.524. The Kier molecular flexibility index (Phi) is 5.01. The first kappa shape index (κ1) is 16.9. The minimum Gasteiger partial charge on any atom is -0.311 e. The highest BCUT2D eigenvalue weighted by Crippen LogP contribution is 2.38. The number of thioether (sulfide) groups is 2. The third kappa shape index (κ3) is 3.71. The van der Waals surface area contributed by atoms with E-state index in [1.165, 1.54) is 21.4 Å². The molecule has 3 aromatic rings. The third-order valence-corrected chi connectivity index (χ3v) is 7.54. The Labute approximate surface area is 159 Å². The number of benzene rings is 2. The molecule has 0 aliphatic carbocycles. The molecule has 3 nitrogen and oxygen atoms in total. The van der Waals surface area contributed by atoms with Gasteiger partial charge in [-0.1, -0.05) is 43.0 Å². The van der Waals surface area contributed by atoms with Crippen LogP contribution in [0.4, 0.5) is 5.69 Å². The SMILES string of the molecule is C[C@H]1CCN(C(=O)CSc2nc3ccccc3s2)c2ccccc2S1. The summed E-state index contributed by atoms with van der Waals surface area (Å²) in [6, 6.07) is 16.3. The number of nitrogens with zero attached hydrogens (tertiary/aromatic N) is 2. The van der Waals surface area contributed by atoms with Gasteiger partial charge in [0.2, 0.25) is 5.91 Å². The second kappa shape index (κ2) is 7.40. The van der Waals surface area contributed by atoms with Crippen LogP contribution in [0.15, 0.2) is 57.8 Å². The van der Waals surface area contributed by atoms with Crippen LogP contribution < -0.4 is 4.90 Å². The molecular weight excluding hydrogens is 368 g/mol. The molecule has 0 unspecified atom stereocenters. The lowest BCUT2D eigenvalue weighted by molar-refractivity contribution is -0.116. The van der Waals surface area contributed by atoms with Crippen molar-refractivity contribution in [3.63, 3.8) is 0 Å². The number of amides is 1. The Balaban J connectivity index is 1.50. The maximum atomic E-state index is 12.9. The summed E-state index contributed by atoms with van der Waals surface area (Å²) in [5.74, 6) is 0.583. The van der Waals surface area contributed by atoms with E-state index in [9.17, 15) is 4.79 Å². The molecule has 0 N–H and O–H groups in total. The maximum Gasteiger partial charge on any atom is 0.237 e. The first-order chi connectivity index (χ1) is 12.2. The quantitative estimate of drug-likeness (QED) is 0.572. The highest BCUT2D eigenvalue weighted by atomic mass is 32.2. The molecule has 0 saturated carbocycles. The number of hydrogen-bond acceptors (Lipinski definition) is 5. The lowest BCUT2D eigenvalue weighted by Crippen LogP contribution is -2.33. The van der Waals surface area contributed by atoms with Gasteiger partial charge >= 0.3 is 0 Å². The Morgan fingerprint density at radius 1 is 1.24 bits per heavy atom. The van der Waals surface area contributed by atoms with Gasteiger partial charge in [0.1, 0.15) is 0 Å². The highest BCUT2D eigenvalue weighted by Gasteiger charge is 2.24. The predicted octanol–water partition coefficient (Wildman–Crippen LogP) is 5.31. The molecule has 0 saturated heterocycles. The third-order valence-electron chi connectivity index (χ3n) is 4.14. The summed E-state index contributed by atoms with van der Waals surface area (Å²) >= 11 is 5.05. The second-order valence-electron chi connectivity index (χ2n) is 5.97. The number of para-hydroxylation sites is 2. The summed E-state index contributed by atoms with van der Waals surface area (Å²) in [7, 11) is 0. The van der Waals surface area contributed by atoms with E-state index in [1.807, 2.05) is 47.0 Å². The first-order valence-corrected chi connectivity index (χ1v) is 10.9. The fourth-order valence-corrected chi connectivity index (χ4v) is 5.92. The maximum absolute atomic E-state index is 12.9. The van der Waals surface area contributed by atoms with Crippen molar-refractivity contribution in [2.24, 2.45) is 0 Å². The van der Waals surface area contributed by atoms with Gasteiger partial charge in [0.25, 0.3) is 0 Å². The van der Waals surface area contributed by atoms with Crippen molar-refractivity contribution in [1.82, 2.24) is 4.98 Å². The summed E-state index contributed by atoms with van der Waals surface area (Å²) in [6.45, 7) is 3.01. The predicted molar refractivity (Wildman–Crippen MR) is 109 cm³/mol. The van der Waals surface area contributed by atoms with E-state index in [0.717, 1.165) is 28.5 Å². The molecule has 128 valence electrons. The average molecular weight is 387 g/mol. The second-order valence-corrected chi connectivity index (χ2v) is 9.70. The molecule has 25 heavy (non-hydrogen) atoms. The van der Waals surface area contributed by atoms with E-state index in [4.69, 9.17) is 0 Å². The Morgan fingerprint density at radius 2 is 2.04 bits per heavy atom. The van der Waals surface area contributed by atoms with Crippen LogP contribution in [0.2, 0.25) is 0 Å². The van der Waals surface area contributed by atoms with Crippen LogP contribution in [-0.2, 0) is 4.79 Å². The monoisotopic (exact) mass is 386 g/mol. The van der Waals surface area contributed by atoms with Crippen LogP contribution >= 0.6 is 34.9 Å². The molecule has 4 rings (SSSR count). The number of thiazole rings is 1. The van der Waals surface area contributed by atoms with E-state index < -0.39 is 0 Å². The van der Waals surface area contributed by atoms with Crippen molar-refractivity contribution in [1.29, 1.82) is 0 Å². The Bertz CT molecular complexity index is 875. The molecule has 1 amide bonds. The summed E-state index contributed by atoms with van der Waals surface area (Å²) in [4.78, 5) is 20.6. The van der Waals surface area contributed by atoms with Gasteiger partial charge in [-0.15, -0.1) is 23.1 Å². The lowest BCUT2D eigenvalue weighted by atomic mass is 10.2. The van der Waals surface area contributed by atoms with Crippen molar-refractivity contribution in [3.8, 4) is 0 Å². The number of carbonyl (C=O) groups is 1. The molecule has 6 heteroatoms. The van der Waals surface area contributed by atoms with Crippen LogP contribution in [0.5, 0.6) is 0 Å². The van der Waals surface area contributed by atoms with E-state index >= 15 is 0 Å². The smallest absolute Gasteiger partial charge is 0.237 e. The molecule has 0 radical (unpaired) electrons. The van der Waals surface area contributed by atoms with Gasteiger partial charge in [-0.3, -0.25) is 4.79 Å². The molecule has 2 aromatic carbocycles. The van der Waals surface area contributed by atoms with Gasteiger partial charge in [0.05, 0.1) is 21.7 Å². The van der Waals surface area contributed by atoms with Crippen LogP contribution in [-0.4, -0.2) is 28.4 Å². The average Bonchev–Trinajstić information content (AvgIpc) is 2.96. The topological polar surface area (TPSA) is 33.2 Å². The van der Waals surface area contributed by atoms with Gasteiger partial charge in [0, 0.05) is 16.7 Å². The number of anilines is 1. The molecule has 0 fully saturated rings. The van der Waals surface area contributed by atoms with Crippen molar-refractivity contribution >= 4 is 56.7 Å². The minimum atomic E-state index is 0.159. The fourth-order valence-electron chi connectivity index (χ4n) is 2.86. The summed E-state index contributed by atoms with van der Waals surface area (Å²) in [6.07, 6.45) is 1.01. The van der Waals surface area contributed by atoms with Crippen molar-refractivity contribution in [3.05, 3.63) is 48.5 Å². The molecule has 1 aliphatic heterocycles. The lowest BCUT2D eigenvalue weighted by Gasteiger charge is -2.22. The largest absolute Gasteiger partial charge is 0.311 e. The zero-order chi connectivity index (χ0) is 17.2. The molecule has 2 heterocycles. The first-order valence-electron chi connectivity index (χ1n) is 8.25. The van der Waals surface area contributed by atoms with Crippen LogP contribution in [0.3, 0.4) is 0 Å². The molecule has 1 atom stereocenters. The number of carbonyl (C=O) groups excluding carboxylic acids is 1. The number of aromatic nitrogens is 1.